The molecule has 0 amide bonds. The van der Waals surface area contributed by atoms with Crippen LogP contribution < -0.4 is 5.32 Å². The van der Waals surface area contributed by atoms with Crippen LogP contribution >= 0.6 is 0 Å². The van der Waals surface area contributed by atoms with E-state index in [4.69, 9.17) is 0 Å². The van der Waals surface area contributed by atoms with Crippen molar-refractivity contribution in [3.05, 3.63) is 53.6 Å². The van der Waals surface area contributed by atoms with E-state index >= 15 is 0 Å². The standard InChI is InChI=1S/C15H17N5/c1-3-12-5-4-6-16-13(12)9-17-14-7-11(2)8-15-18-10-19-20(14)15/h4-8,10,17H,3,9H2,1-2H3. The number of rotatable bonds is 4. The first-order valence-corrected chi connectivity index (χ1v) is 6.75. The second-order valence-electron chi connectivity index (χ2n) is 4.76. The summed E-state index contributed by atoms with van der Waals surface area (Å²) in [4.78, 5) is 8.67. The number of nitrogens with zero attached hydrogens (tertiary/aromatic N) is 4. The maximum absolute atomic E-state index is 4.45. The molecule has 20 heavy (non-hydrogen) atoms. The lowest BCUT2D eigenvalue weighted by Gasteiger charge is -2.11. The molecule has 0 aliphatic rings. The third-order valence-corrected chi connectivity index (χ3v) is 3.33. The first kappa shape index (κ1) is 12.6. The van der Waals surface area contributed by atoms with Crippen molar-refractivity contribution in [3.8, 4) is 0 Å². The lowest BCUT2D eigenvalue weighted by molar-refractivity contribution is 0.915. The third-order valence-electron chi connectivity index (χ3n) is 3.33. The monoisotopic (exact) mass is 267 g/mol. The number of anilines is 1. The molecule has 0 unspecified atom stereocenters. The highest BCUT2D eigenvalue weighted by Crippen LogP contribution is 2.15. The largest absolute Gasteiger partial charge is 0.364 e. The number of fused-ring (bicyclic) bond motifs is 1. The summed E-state index contributed by atoms with van der Waals surface area (Å²) in [5.41, 5.74) is 4.35. The van der Waals surface area contributed by atoms with Crippen LogP contribution in [0.2, 0.25) is 0 Å². The van der Waals surface area contributed by atoms with Crippen LogP contribution in [-0.2, 0) is 13.0 Å². The quantitative estimate of drug-likeness (QED) is 0.789. The van der Waals surface area contributed by atoms with E-state index in [-0.39, 0.29) is 0 Å². The molecule has 0 saturated carbocycles. The topological polar surface area (TPSA) is 55.1 Å². The number of nitrogens with one attached hydrogen (secondary N) is 1. The fraction of sp³-hybridized carbons (Fsp3) is 0.267. The summed E-state index contributed by atoms with van der Waals surface area (Å²) >= 11 is 0. The SMILES string of the molecule is CCc1cccnc1CNc1cc(C)cc2ncnn12. The van der Waals surface area contributed by atoms with Crippen molar-refractivity contribution in [2.24, 2.45) is 0 Å². The van der Waals surface area contributed by atoms with Gasteiger partial charge in [0, 0.05) is 6.20 Å². The number of pyridine rings is 2. The second-order valence-corrected chi connectivity index (χ2v) is 4.76. The van der Waals surface area contributed by atoms with Gasteiger partial charge in [0.05, 0.1) is 12.2 Å². The predicted octanol–water partition coefficient (Wildman–Crippen LogP) is 2.61. The van der Waals surface area contributed by atoms with Gasteiger partial charge in [-0.2, -0.15) is 9.61 Å². The van der Waals surface area contributed by atoms with Crippen LogP contribution in [0.4, 0.5) is 5.82 Å². The number of hydrogen-bond donors (Lipinski definition) is 1. The molecule has 102 valence electrons. The van der Waals surface area contributed by atoms with Gasteiger partial charge in [-0.1, -0.05) is 13.0 Å². The van der Waals surface area contributed by atoms with Gasteiger partial charge in [-0.15, -0.1) is 0 Å². The molecule has 3 rings (SSSR count). The van der Waals surface area contributed by atoms with Crippen LogP contribution in [0.25, 0.3) is 5.65 Å². The lowest BCUT2D eigenvalue weighted by Crippen LogP contribution is -2.08. The molecule has 5 heteroatoms. The smallest absolute Gasteiger partial charge is 0.157 e. The van der Waals surface area contributed by atoms with E-state index in [1.165, 1.54) is 5.56 Å². The minimum atomic E-state index is 0.683. The zero-order valence-corrected chi connectivity index (χ0v) is 11.7. The van der Waals surface area contributed by atoms with E-state index in [2.05, 4.69) is 46.4 Å². The Kier molecular flexibility index (Phi) is 3.33. The Morgan fingerprint density at radius 1 is 1.25 bits per heavy atom. The van der Waals surface area contributed by atoms with Crippen molar-refractivity contribution in [2.45, 2.75) is 26.8 Å². The molecule has 3 aromatic heterocycles. The fourth-order valence-corrected chi connectivity index (χ4v) is 2.31. The number of aryl methyl sites for hydroxylation is 2. The van der Waals surface area contributed by atoms with E-state index < -0.39 is 0 Å². The van der Waals surface area contributed by atoms with Crippen molar-refractivity contribution in [2.75, 3.05) is 5.32 Å². The first-order chi connectivity index (χ1) is 9.78. The fourth-order valence-electron chi connectivity index (χ4n) is 2.31. The zero-order valence-electron chi connectivity index (χ0n) is 11.7. The van der Waals surface area contributed by atoms with Crippen LogP contribution in [0.3, 0.4) is 0 Å². The van der Waals surface area contributed by atoms with Gasteiger partial charge in [0.1, 0.15) is 12.1 Å². The number of hydrogen-bond acceptors (Lipinski definition) is 4. The van der Waals surface area contributed by atoms with Crippen molar-refractivity contribution < 1.29 is 0 Å². The number of aromatic nitrogens is 4. The Hall–Kier alpha value is -2.43. The summed E-state index contributed by atoms with van der Waals surface area (Å²) in [6.45, 7) is 4.88. The zero-order chi connectivity index (χ0) is 13.9. The molecule has 0 aliphatic carbocycles. The maximum Gasteiger partial charge on any atom is 0.157 e. The Morgan fingerprint density at radius 2 is 2.15 bits per heavy atom. The highest BCUT2D eigenvalue weighted by Gasteiger charge is 2.06. The molecular weight excluding hydrogens is 250 g/mol. The van der Waals surface area contributed by atoms with E-state index in [0.717, 1.165) is 29.1 Å². The van der Waals surface area contributed by atoms with Gasteiger partial charge in [-0.3, -0.25) is 4.98 Å². The van der Waals surface area contributed by atoms with Crippen LogP contribution in [-0.4, -0.2) is 19.6 Å². The summed E-state index contributed by atoms with van der Waals surface area (Å²) in [6.07, 6.45) is 4.38. The molecule has 3 heterocycles. The molecule has 0 fully saturated rings. The summed E-state index contributed by atoms with van der Waals surface area (Å²) in [5, 5.41) is 7.64. The van der Waals surface area contributed by atoms with E-state index in [1.54, 1.807) is 6.33 Å². The van der Waals surface area contributed by atoms with E-state index in [1.807, 2.05) is 22.8 Å². The maximum atomic E-state index is 4.45. The lowest BCUT2D eigenvalue weighted by atomic mass is 10.1. The van der Waals surface area contributed by atoms with Gasteiger partial charge in [-0.05, 0) is 42.7 Å². The van der Waals surface area contributed by atoms with Crippen molar-refractivity contribution in [1.82, 2.24) is 19.6 Å². The minimum absolute atomic E-state index is 0.683. The Morgan fingerprint density at radius 3 is 3.00 bits per heavy atom. The Bertz CT molecular complexity index is 732. The molecule has 0 aliphatic heterocycles. The second kappa shape index (κ2) is 5.28. The molecule has 0 radical (unpaired) electrons. The molecule has 0 aromatic carbocycles. The Labute approximate surface area is 117 Å². The van der Waals surface area contributed by atoms with Crippen molar-refractivity contribution >= 4 is 11.5 Å². The molecule has 1 N–H and O–H groups in total. The molecule has 0 spiro atoms. The first-order valence-electron chi connectivity index (χ1n) is 6.75. The van der Waals surface area contributed by atoms with Gasteiger partial charge in [-0.25, -0.2) is 4.98 Å². The minimum Gasteiger partial charge on any atom is -0.364 e. The molecule has 0 saturated heterocycles. The van der Waals surface area contributed by atoms with Crippen LogP contribution in [0.1, 0.15) is 23.7 Å². The van der Waals surface area contributed by atoms with E-state index in [9.17, 15) is 0 Å². The van der Waals surface area contributed by atoms with E-state index in [0.29, 0.717) is 6.54 Å². The van der Waals surface area contributed by atoms with Gasteiger partial charge in [0.15, 0.2) is 5.65 Å². The van der Waals surface area contributed by atoms with Crippen LogP contribution in [0.5, 0.6) is 0 Å². The summed E-state index contributed by atoms with van der Waals surface area (Å²) in [7, 11) is 0. The van der Waals surface area contributed by atoms with Crippen molar-refractivity contribution in [3.63, 3.8) is 0 Å². The van der Waals surface area contributed by atoms with Crippen molar-refractivity contribution in [1.29, 1.82) is 0 Å². The highest BCUT2D eigenvalue weighted by molar-refractivity contribution is 5.51. The summed E-state index contributed by atoms with van der Waals surface area (Å²) < 4.78 is 1.81. The van der Waals surface area contributed by atoms with Gasteiger partial charge in [0.25, 0.3) is 0 Å². The van der Waals surface area contributed by atoms with Gasteiger partial charge < -0.3 is 5.32 Å². The van der Waals surface area contributed by atoms with Gasteiger partial charge >= 0.3 is 0 Å². The van der Waals surface area contributed by atoms with Crippen LogP contribution in [0.15, 0.2) is 36.8 Å². The normalized spacial score (nSPS) is 10.9. The van der Waals surface area contributed by atoms with Crippen LogP contribution in [0, 0.1) is 6.92 Å². The van der Waals surface area contributed by atoms with Gasteiger partial charge in [0.2, 0.25) is 0 Å². The molecule has 0 bridgehead atoms. The summed E-state index contributed by atoms with van der Waals surface area (Å²) in [5.74, 6) is 0.935. The Balaban J connectivity index is 1.88. The average molecular weight is 267 g/mol. The molecule has 0 atom stereocenters. The highest BCUT2D eigenvalue weighted by atomic mass is 15.3. The molecule has 3 aromatic rings. The third kappa shape index (κ3) is 2.34. The molecule has 5 nitrogen and oxygen atoms in total. The average Bonchev–Trinajstić information content (AvgIpc) is 2.93. The molecular formula is C15H17N5. The predicted molar refractivity (Wildman–Crippen MR) is 78.7 cm³/mol. The summed E-state index contributed by atoms with van der Waals surface area (Å²) in [6, 6.07) is 8.17.